The summed E-state index contributed by atoms with van der Waals surface area (Å²) >= 11 is 0. The van der Waals surface area contributed by atoms with E-state index in [1.54, 1.807) is 0 Å². The molecular weight excluding hydrogens is 309 g/mol. The molecule has 6 heteroatoms. The van der Waals surface area contributed by atoms with Gasteiger partial charge in [-0.05, 0) is 36.8 Å². The Morgan fingerprint density at radius 3 is 2.62 bits per heavy atom. The predicted octanol–water partition coefficient (Wildman–Crippen LogP) is 3.52. The Hall–Kier alpha value is -3.15. The number of hydrogen-bond donors (Lipinski definition) is 2. The van der Waals surface area contributed by atoms with E-state index >= 15 is 0 Å². The van der Waals surface area contributed by atoms with Crippen LogP contribution in [-0.4, -0.2) is 14.7 Å². The Morgan fingerprint density at radius 1 is 1.21 bits per heavy atom. The number of phenolic OH excluding ortho intramolecular Hbond substituents is 1. The maximum Gasteiger partial charge on any atom is 0.262 e. The Kier molecular flexibility index (Phi) is 4.29. The molecule has 0 aliphatic rings. The Morgan fingerprint density at radius 2 is 1.96 bits per heavy atom. The van der Waals surface area contributed by atoms with Crippen molar-refractivity contribution in [3.8, 4) is 16.9 Å². The average molecular weight is 325 g/mol. The van der Waals surface area contributed by atoms with E-state index in [0.717, 1.165) is 11.8 Å². The van der Waals surface area contributed by atoms with Gasteiger partial charge in [-0.2, -0.15) is 0 Å². The van der Waals surface area contributed by atoms with Gasteiger partial charge in [0.05, 0.1) is 5.56 Å². The van der Waals surface area contributed by atoms with Gasteiger partial charge in [-0.25, -0.2) is 9.37 Å². The first-order valence-corrected chi connectivity index (χ1v) is 7.51. The second-order valence-electron chi connectivity index (χ2n) is 5.20. The molecule has 122 valence electrons. The van der Waals surface area contributed by atoms with Crippen LogP contribution >= 0.6 is 0 Å². The summed E-state index contributed by atoms with van der Waals surface area (Å²) in [7, 11) is 0. The average Bonchev–Trinajstić information content (AvgIpc) is 2.59. The molecule has 0 unspecified atom stereocenters. The van der Waals surface area contributed by atoms with Crippen LogP contribution in [0.5, 0.6) is 5.75 Å². The predicted molar refractivity (Wildman–Crippen MR) is 91.0 cm³/mol. The number of phenols is 1. The van der Waals surface area contributed by atoms with Crippen molar-refractivity contribution in [1.82, 2.24) is 9.55 Å². The lowest BCUT2D eigenvalue weighted by Crippen LogP contribution is -2.24. The number of aromatic hydroxyl groups is 1. The van der Waals surface area contributed by atoms with Crippen LogP contribution in [0.4, 0.5) is 16.0 Å². The quantitative estimate of drug-likeness (QED) is 0.770. The maximum absolute atomic E-state index is 13.6. The number of nitrogens with one attached hydrogen (secondary N) is 1. The fourth-order valence-electron chi connectivity index (χ4n) is 2.41. The summed E-state index contributed by atoms with van der Waals surface area (Å²) in [4.78, 5) is 17.0. The first-order valence-electron chi connectivity index (χ1n) is 7.51. The fourth-order valence-corrected chi connectivity index (χ4v) is 2.41. The van der Waals surface area contributed by atoms with Crippen LogP contribution in [-0.2, 0) is 6.54 Å². The van der Waals surface area contributed by atoms with E-state index in [2.05, 4.69) is 10.3 Å². The van der Waals surface area contributed by atoms with Gasteiger partial charge in [-0.3, -0.25) is 9.36 Å². The van der Waals surface area contributed by atoms with E-state index in [0.29, 0.717) is 18.1 Å². The van der Waals surface area contributed by atoms with Gasteiger partial charge in [-0.15, -0.1) is 0 Å². The highest BCUT2D eigenvalue weighted by atomic mass is 19.1. The highest BCUT2D eigenvalue weighted by molar-refractivity contribution is 5.64. The van der Waals surface area contributed by atoms with Gasteiger partial charge >= 0.3 is 0 Å². The first kappa shape index (κ1) is 15.7. The van der Waals surface area contributed by atoms with Crippen molar-refractivity contribution in [1.29, 1.82) is 0 Å². The van der Waals surface area contributed by atoms with Crippen molar-refractivity contribution < 1.29 is 9.50 Å². The number of halogens is 1. The molecule has 0 fully saturated rings. The van der Waals surface area contributed by atoms with Gasteiger partial charge in [0.25, 0.3) is 5.56 Å². The Bertz CT molecular complexity index is 923. The summed E-state index contributed by atoms with van der Waals surface area (Å²) in [6, 6.07) is 13.2. The summed E-state index contributed by atoms with van der Waals surface area (Å²) in [6.07, 6.45) is 1.41. The summed E-state index contributed by atoms with van der Waals surface area (Å²) < 4.78 is 15.0. The zero-order valence-corrected chi connectivity index (χ0v) is 13.0. The largest absolute Gasteiger partial charge is 0.505 e. The normalized spacial score (nSPS) is 10.6. The molecule has 1 heterocycles. The summed E-state index contributed by atoms with van der Waals surface area (Å²) in [6.45, 7) is 2.25. The first-order chi connectivity index (χ1) is 11.6. The number of hydrogen-bond acceptors (Lipinski definition) is 4. The van der Waals surface area contributed by atoms with Crippen molar-refractivity contribution in [3.63, 3.8) is 0 Å². The lowest BCUT2D eigenvalue weighted by molar-refractivity contribution is 0.432. The molecule has 0 amide bonds. The molecule has 0 atom stereocenters. The molecule has 0 aliphatic heterocycles. The van der Waals surface area contributed by atoms with E-state index in [-0.39, 0.29) is 11.1 Å². The third-order valence-corrected chi connectivity index (χ3v) is 3.65. The standard InChI is InChI=1S/C18H16FN3O2/c1-2-22-17(24)14(12-8-9-16(23)15(19)10-12)11-20-18(22)21-13-6-4-3-5-7-13/h3-11,23H,2H2,1H3,(H,20,21). The minimum atomic E-state index is -0.776. The molecule has 2 N–H and O–H groups in total. The lowest BCUT2D eigenvalue weighted by Gasteiger charge is -2.13. The van der Waals surface area contributed by atoms with Crippen LogP contribution in [0.1, 0.15) is 6.92 Å². The molecule has 2 aromatic carbocycles. The zero-order chi connectivity index (χ0) is 17.1. The van der Waals surface area contributed by atoms with Gasteiger partial charge in [0.2, 0.25) is 5.95 Å². The Labute approximate surface area is 138 Å². The number of nitrogens with zero attached hydrogens (tertiary/aromatic N) is 2. The molecule has 0 saturated heterocycles. The van der Waals surface area contributed by atoms with E-state index in [9.17, 15) is 14.3 Å². The van der Waals surface area contributed by atoms with Gasteiger partial charge in [0.15, 0.2) is 11.6 Å². The highest BCUT2D eigenvalue weighted by Gasteiger charge is 2.13. The molecule has 3 rings (SSSR count). The third kappa shape index (κ3) is 2.99. The Balaban J connectivity index is 2.05. The molecule has 0 aliphatic carbocycles. The van der Waals surface area contributed by atoms with Gasteiger partial charge in [-0.1, -0.05) is 24.3 Å². The van der Waals surface area contributed by atoms with Crippen LogP contribution in [0.2, 0.25) is 0 Å². The van der Waals surface area contributed by atoms with Crippen LogP contribution in [0.3, 0.4) is 0 Å². The molecule has 0 radical (unpaired) electrons. The SMILES string of the molecule is CCn1c(Nc2ccccc2)ncc(-c2ccc(O)c(F)c2)c1=O. The van der Waals surface area contributed by atoms with Crippen molar-refractivity contribution in [3.05, 3.63) is 70.9 Å². The van der Waals surface area contributed by atoms with Crippen LogP contribution in [0.25, 0.3) is 11.1 Å². The highest BCUT2D eigenvalue weighted by Crippen LogP contribution is 2.23. The third-order valence-electron chi connectivity index (χ3n) is 3.65. The van der Waals surface area contributed by atoms with Crippen molar-refractivity contribution in [2.45, 2.75) is 13.5 Å². The number of para-hydroxylation sites is 1. The van der Waals surface area contributed by atoms with E-state index in [1.165, 1.54) is 22.9 Å². The second kappa shape index (κ2) is 6.54. The zero-order valence-electron chi connectivity index (χ0n) is 13.0. The van der Waals surface area contributed by atoms with Crippen LogP contribution in [0.15, 0.2) is 59.5 Å². The molecular formula is C18H16FN3O2. The maximum atomic E-state index is 13.6. The molecule has 0 saturated carbocycles. The second-order valence-corrected chi connectivity index (χ2v) is 5.20. The molecule has 3 aromatic rings. The van der Waals surface area contributed by atoms with Gasteiger partial charge < -0.3 is 10.4 Å². The number of rotatable bonds is 4. The summed E-state index contributed by atoms with van der Waals surface area (Å²) in [5, 5.41) is 12.4. The van der Waals surface area contributed by atoms with Crippen LogP contribution in [0, 0.1) is 5.82 Å². The molecule has 1 aromatic heterocycles. The molecule has 0 spiro atoms. The molecule has 5 nitrogen and oxygen atoms in total. The van der Waals surface area contributed by atoms with Crippen molar-refractivity contribution in [2.75, 3.05) is 5.32 Å². The number of aromatic nitrogens is 2. The minimum absolute atomic E-state index is 0.273. The van der Waals surface area contributed by atoms with Crippen LogP contribution < -0.4 is 10.9 Å². The van der Waals surface area contributed by atoms with E-state index in [1.807, 2.05) is 37.3 Å². The van der Waals surface area contributed by atoms with Gasteiger partial charge in [0, 0.05) is 18.4 Å². The van der Waals surface area contributed by atoms with Crippen molar-refractivity contribution >= 4 is 11.6 Å². The summed E-state index contributed by atoms with van der Waals surface area (Å²) in [5.41, 5.74) is 1.18. The molecule has 24 heavy (non-hydrogen) atoms. The minimum Gasteiger partial charge on any atom is -0.505 e. The number of benzene rings is 2. The lowest BCUT2D eigenvalue weighted by atomic mass is 10.1. The smallest absolute Gasteiger partial charge is 0.262 e. The van der Waals surface area contributed by atoms with E-state index < -0.39 is 11.6 Å². The monoisotopic (exact) mass is 325 g/mol. The fraction of sp³-hybridized carbons (Fsp3) is 0.111. The topological polar surface area (TPSA) is 67.2 Å². The number of anilines is 2. The van der Waals surface area contributed by atoms with E-state index in [4.69, 9.17) is 0 Å². The molecule has 0 bridgehead atoms. The van der Waals surface area contributed by atoms with Gasteiger partial charge in [0.1, 0.15) is 0 Å². The van der Waals surface area contributed by atoms with Crippen molar-refractivity contribution in [2.24, 2.45) is 0 Å². The summed E-state index contributed by atoms with van der Waals surface area (Å²) in [5.74, 6) is -0.817.